The second-order valence-electron chi connectivity index (χ2n) is 23.9. The van der Waals surface area contributed by atoms with Crippen LogP contribution in [0.5, 0.6) is 0 Å². The summed E-state index contributed by atoms with van der Waals surface area (Å²) in [7, 11) is 0. The summed E-state index contributed by atoms with van der Waals surface area (Å²) in [4.78, 5) is 63.7. The minimum atomic E-state index is -1.45. The van der Waals surface area contributed by atoms with E-state index in [9.17, 15) is 64.8 Å². The molecule has 3 aliphatic rings. The van der Waals surface area contributed by atoms with Gasteiger partial charge in [0.1, 0.15) is 54.0 Å². The van der Waals surface area contributed by atoms with E-state index in [-0.39, 0.29) is 160 Å². The Balaban J connectivity index is 1.48. The summed E-state index contributed by atoms with van der Waals surface area (Å²) < 4.78 is 69.2. The quantitative estimate of drug-likeness (QED) is 0.0301. The molecular formula is C59H108N4O25. The van der Waals surface area contributed by atoms with Crippen molar-refractivity contribution < 1.29 is 122 Å². The Bertz CT molecular complexity index is 1870. The number of ether oxygens (including phenoxy) is 12. The fourth-order valence-corrected chi connectivity index (χ4v) is 9.72. The zero-order valence-corrected chi connectivity index (χ0v) is 52.9. The van der Waals surface area contributed by atoms with Gasteiger partial charge >= 0.3 is 0 Å². The third kappa shape index (κ3) is 30.5. The van der Waals surface area contributed by atoms with E-state index < -0.39 is 116 Å². The van der Waals surface area contributed by atoms with Gasteiger partial charge in [-0.05, 0) is 43.9 Å². The van der Waals surface area contributed by atoms with Crippen LogP contribution in [0.2, 0.25) is 0 Å². The topological polar surface area (TPSA) is 406 Å². The molecule has 3 heterocycles. The van der Waals surface area contributed by atoms with E-state index in [4.69, 9.17) is 56.8 Å². The van der Waals surface area contributed by atoms with E-state index in [1.54, 1.807) is 13.8 Å². The summed E-state index contributed by atoms with van der Waals surface area (Å²) in [5.41, 5.74) is -1.35. The number of amides is 4. The lowest BCUT2D eigenvalue weighted by Crippen LogP contribution is -2.64. The van der Waals surface area contributed by atoms with Crippen LogP contribution in [0.25, 0.3) is 0 Å². The van der Waals surface area contributed by atoms with E-state index in [1.807, 2.05) is 27.7 Å². The number of rotatable bonds is 47. The van der Waals surface area contributed by atoms with Gasteiger partial charge in [0.2, 0.25) is 23.6 Å². The van der Waals surface area contributed by atoms with Crippen molar-refractivity contribution in [3.05, 3.63) is 0 Å². The summed E-state index contributed by atoms with van der Waals surface area (Å²) in [6.07, 6.45) is -8.86. The Morgan fingerprint density at radius 1 is 0.466 bits per heavy atom. The Morgan fingerprint density at radius 2 is 0.864 bits per heavy atom. The lowest BCUT2D eigenvalue weighted by atomic mass is 9.90. The van der Waals surface area contributed by atoms with Crippen molar-refractivity contribution in [3.8, 4) is 0 Å². The highest BCUT2D eigenvalue weighted by Gasteiger charge is 2.46. The molecule has 0 aromatic rings. The van der Waals surface area contributed by atoms with E-state index >= 15 is 0 Å². The monoisotopic (exact) mass is 1270 g/mol. The number of Topliss-reactive ketones (excluding diaryl/α,β-unsaturated/α-hetero) is 1. The normalized spacial score (nSPS) is 28.2. The van der Waals surface area contributed by atoms with Crippen molar-refractivity contribution in [1.82, 2.24) is 21.3 Å². The first-order valence-electron chi connectivity index (χ1n) is 31.2. The van der Waals surface area contributed by atoms with Crippen molar-refractivity contribution in [2.24, 2.45) is 17.3 Å². The van der Waals surface area contributed by atoms with Crippen molar-refractivity contribution in [2.75, 3.05) is 125 Å². The number of carbonyl (C=O) groups excluding carboxylic acids is 5. The van der Waals surface area contributed by atoms with Gasteiger partial charge in [0, 0.05) is 90.4 Å². The van der Waals surface area contributed by atoms with Gasteiger partial charge in [-0.2, -0.15) is 0 Å². The second-order valence-corrected chi connectivity index (χ2v) is 23.9. The molecule has 0 spiro atoms. The average molecular weight is 1270 g/mol. The highest BCUT2D eigenvalue weighted by Crippen LogP contribution is 2.29. The summed E-state index contributed by atoms with van der Waals surface area (Å²) in [5.74, 6) is -2.18. The number of carbonyl (C=O) groups is 5. The maximum atomic E-state index is 13.6. The van der Waals surface area contributed by atoms with Gasteiger partial charge in [0.05, 0.1) is 104 Å². The lowest BCUT2D eigenvalue weighted by Gasteiger charge is -2.42. The smallest absolute Gasteiger partial charge is 0.220 e. The molecule has 3 fully saturated rings. The Kier molecular flexibility index (Phi) is 39.1. The molecule has 88 heavy (non-hydrogen) atoms. The van der Waals surface area contributed by atoms with Gasteiger partial charge in [0.15, 0.2) is 18.9 Å². The molecule has 1 unspecified atom stereocenters. The molecular weight excluding hydrogens is 1160 g/mol. The maximum Gasteiger partial charge on any atom is 0.220 e. The van der Waals surface area contributed by atoms with Gasteiger partial charge in [-0.15, -0.1) is 0 Å². The van der Waals surface area contributed by atoms with Gasteiger partial charge in [0.25, 0.3) is 0 Å². The zero-order chi connectivity index (χ0) is 65.1. The third-order valence-corrected chi connectivity index (χ3v) is 15.0. The van der Waals surface area contributed by atoms with Gasteiger partial charge < -0.3 is 119 Å². The molecule has 3 saturated heterocycles. The highest BCUT2D eigenvalue weighted by atomic mass is 16.7. The summed E-state index contributed by atoms with van der Waals surface area (Å²) in [6, 6.07) is -1.09. The maximum absolute atomic E-state index is 13.6. The largest absolute Gasteiger partial charge is 0.394 e. The van der Waals surface area contributed by atoms with Crippen LogP contribution in [0.4, 0.5) is 0 Å². The van der Waals surface area contributed by atoms with Crippen molar-refractivity contribution >= 4 is 29.4 Å². The number of aliphatic hydroxyl groups excluding tert-OH is 8. The first-order valence-corrected chi connectivity index (χ1v) is 31.2. The summed E-state index contributed by atoms with van der Waals surface area (Å²) >= 11 is 0. The molecule has 12 N–H and O–H groups in total. The number of ketones is 1. The second kappa shape index (κ2) is 43.6. The standard InChI is InChI=1S/C59H108N4O25/c1-8-42-51(73)49(71)38(2)55(86-42)83-30-27-77-21-9-13-41(67)14-10-22-80-35-59(63-47(70)17-18-58(5,6)7,36-81-23-11-15-45(68)60-19-25-78-28-31-84-56-39(3)50(72)52(74)43(33-64)87-56)37-82-24-12-16-46(69)61-20-26-79-29-32-85-57-48(62-40(4)66)54(76)53(75)44(34-65)88-57/h38-39,42-44,48-57,64-65,71-76H,8-37H2,1-7H3,(H,60,68)(H,61,69)(H,62,66)(H,63,70)/t38-,39-,42-,43-,44-,48-,49-,50-,51+,52+,53+,54-,55-,56-,57-,59?/m1/s1. The first-order chi connectivity index (χ1) is 42.0. The van der Waals surface area contributed by atoms with E-state index in [1.165, 1.54) is 6.92 Å². The minimum absolute atomic E-state index is 0.0255. The molecule has 3 rings (SSSR count). The molecule has 29 heteroatoms. The molecule has 16 atom stereocenters. The molecule has 4 amide bonds. The van der Waals surface area contributed by atoms with Crippen LogP contribution in [0.15, 0.2) is 0 Å². The van der Waals surface area contributed by atoms with E-state index in [0.29, 0.717) is 51.6 Å². The van der Waals surface area contributed by atoms with Crippen LogP contribution in [-0.2, 0) is 80.8 Å². The molecule has 0 aromatic carbocycles. The number of hydrogen-bond donors (Lipinski definition) is 12. The van der Waals surface area contributed by atoms with Crippen molar-refractivity contribution in [3.63, 3.8) is 0 Å². The fourth-order valence-electron chi connectivity index (χ4n) is 9.72. The van der Waals surface area contributed by atoms with Gasteiger partial charge in [-0.25, -0.2) is 0 Å². The number of nitrogens with one attached hydrogen (secondary N) is 4. The van der Waals surface area contributed by atoms with Gasteiger partial charge in [-0.1, -0.05) is 41.5 Å². The summed E-state index contributed by atoms with van der Waals surface area (Å²) in [6.45, 7) is 13.7. The zero-order valence-electron chi connectivity index (χ0n) is 52.9. The molecule has 3 aliphatic heterocycles. The van der Waals surface area contributed by atoms with Crippen LogP contribution in [-0.4, -0.2) is 281 Å². The summed E-state index contributed by atoms with van der Waals surface area (Å²) in [5, 5.41) is 91.7. The average Bonchev–Trinajstić information content (AvgIpc) is 3.53. The Labute approximate surface area is 518 Å². The van der Waals surface area contributed by atoms with Crippen molar-refractivity contribution in [1.29, 1.82) is 0 Å². The number of hydrogen-bond acceptors (Lipinski definition) is 25. The van der Waals surface area contributed by atoms with Crippen molar-refractivity contribution in [2.45, 2.75) is 204 Å². The minimum Gasteiger partial charge on any atom is -0.394 e. The Hall–Kier alpha value is -3.25. The lowest BCUT2D eigenvalue weighted by molar-refractivity contribution is -0.284. The van der Waals surface area contributed by atoms with E-state index in [0.717, 1.165) is 0 Å². The third-order valence-electron chi connectivity index (χ3n) is 15.0. The molecule has 0 radical (unpaired) electrons. The molecule has 514 valence electrons. The first kappa shape index (κ1) is 79.0. The van der Waals surface area contributed by atoms with Crippen LogP contribution >= 0.6 is 0 Å². The van der Waals surface area contributed by atoms with Crippen LogP contribution in [0.3, 0.4) is 0 Å². The predicted molar refractivity (Wildman–Crippen MR) is 313 cm³/mol. The van der Waals surface area contributed by atoms with Crippen LogP contribution in [0, 0.1) is 17.3 Å². The fraction of sp³-hybridized carbons (Fsp3) is 0.915. The Morgan fingerprint density at radius 3 is 1.31 bits per heavy atom. The molecule has 0 aromatic heterocycles. The van der Waals surface area contributed by atoms with Crippen LogP contribution in [0.1, 0.15) is 119 Å². The molecule has 29 nitrogen and oxygen atoms in total. The molecule has 0 aliphatic carbocycles. The SMILES string of the molecule is CC[C@H]1O[C@@H](OCCOCCCC(=O)CCCOCC(COCCCC(=O)NCCOCCO[C@@H]2O[C@H](CO)[C@H](O)[C@H](O)[C@H]2C)(COCCCC(=O)NCCOCCO[C@@H]2O[C@H](CO)[C@H](O)[C@H](O)[C@H]2NC(C)=O)NC(=O)CCC(C)(C)C)[C@H](C)[C@@H](O)[C@H]1O. The molecule has 0 bridgehead atoms. The molecule has 0 saturated carbocycles. The van der Waals surface area contributed by atoms with Gasteiger partial charge in [-0.3, -0.25) is 24.0 Å². The van der Waals surface area contributed by atoms with E-state index in [2.05, 4.69) is 21.3 Å². The highest BCUT2D eigenvalue weighted by molar-refractivity contribution is 5.78. The predicted octanol–water partition coefficient (Wildman–Crippen LogP) is -1.75. The van der Waals surface area contributed by atoms with Crippen LogP contribution < -0.4 is 21.3 Å². The number of aliphatic hydroxyl groups is 8.